The Morgan fingerprint density at radius 2 is 2.06 bits per heavy atom. The average molecular weight is 477 g/mol. The number of fused-ring (bicyclic) bond motifs is 1. The third kappa shape index (κ3) is 3.78. The number of thioether (sulfide) groups is 1. The fourth-order valence-corrected chi connectivity index (χ4v) is 5.29. The predicted molar refractivity (Wildman–Crippen MR) is 115 cm³/mol. The van der Waals surface area contributed by atoms with E-state index in [0.717, 1.165) is 35.0 Å². The molecular formula is C21H15ClF2N4O3S. The zero-order chi connectivity index (χ0) is 23.0. The molecule has 4 rings (SSSR count). The van der Waals surface area contributed by atoms with Crippen LogP contribution in [0.15, 0.2) is 36.7 Å². The number of benzene rings is 1. The minimum atomic E-state index is -0.767. The number of amides is 3. The Bertz CT molecular complexity index is 1190. The molecule has 0 saturated carbocycles. The van der Waals surface area contributed by atoms with E-state index in [-0.39, 0.29) is 29.4 Å². The first-order chi connectivity index (χ1) is 15.3. The Balaban J connectivity index is 1.75. The number of hydrogen-bond acceptors (Lipinski definition) is 6. The van der Waals surface area contributed by atoms with Crippen molar-refractivity contribution in [2.24, 2.45) is 0 Å². The second-order valence-electron chi connectivity index (χ2n) is 6.95. The molecule has 2 aliphatic rings. The summed E-state index contributed by atoms with van der Waals surface area (Å²) >= 11 is 7.40. The van der Waals surface area contributed by atoms with Gasteiger partial charge in [0.05, 0.1) is 48.7 Å². The maximum absolute atomic E-state index is 14.0. The second kappa shape index (κ2) is 8.76. The number of ether oxygens (including phenoxy) is 1. The zero-order valence-corrected chi connectivity index (χ0v) is 18.2. The van der Waals surface area contributed by atoms with Crippen molar-refractivity contribution in [3.05, 3.63) is 58.9 Å². The van der Waals surface area contributed by atoms with Gasteiger partial charge >= 0.3 is 6.03 Å². The summed E-state index contributed by atoms with van der Waals surface area (Å²) in [5, 5.41) is 8.38. The Morgan fingerprint density at radius 3 is 2.75 bits per heavy atom. The van der Waals surface area contributed by atoms with Gasteiger partial charge in [-0.2, -0.15) is 5.26 Å². The molecule has 1 aromatic heterocycles. The summed E-state index contributed by atoms with van der Waals surface area (Å²) in [5.41, 5.74) is 0.444. The highest BCUT2D eigenvalue weighted by atomic mass is 35.5. The monoisotopic (exact) mass is 476 g/mol. The number of rotatable bonds is 5. The number of halogens is 3. The molecule has 2 aromatic rings. The van der Waals surface area contributed by atoms with Crippen LogP contribution in [0.1, 0.15) is 12.0 Å². The molecule has 0 spiro atoms. The van der Waals surface area contributed by atoms with Gasteiger partial charge in [0, 0.05) is 23.1 Å². The van der Waals surface area contributed by atoms with Crippen molar-refractivity contribution in [3.63, 3.8) is 0 Å². The first-order valence-corrected chi connectivity index (χ1v) is 10.7. The molecule has 0 radical (unpaired) electrons. The molecule has 1 aromatic carbocycles. The molecular weight excluding hydrogens is 462 g/mol. The number of pyridine rings is 1. The van der Waals surface area contributed by atoms with E-state index in [1.807, 2.05) is 6.07 Å². The molecule has 0 aliphatic carbocycles. The Kier molecular flexibility index (Phi) is 6.04. The lowest BCUT2D eigenvalue weighted by Crippen LogP contribution is -2.62. The number of hydrogen-bond donors (Lipinski definition) is 0. The van der Waals surface area contributed by atoms with Crippen molar-refractivity contribution in [1.82, 2.24) is 9.88 Å². The summed E-state index contributed by atoms with van der Waals surface area (Å²) in [5.74, 6) is -1.90. The Labute approximate surface area is 191 Å². The molecule has 164 valence electrons. The smallest absolute Gasteiger partial charge is 0.332 e. The summed E-state index contributed by atoms with van der Waals surface area (Å²) < 4.78 is 32.7. The average Bonchev–Trinajstić information content (AvgIpc) is 3.19. The highest BCUT2D eigenvalue weighted by Gasteiger charge is 2.49. The van der Waals surface area contributed by atoms with E-state index >= 15 is 0 Å². The van der Waals surface area contributed by atoms with Gasteiger partial charge in [-0.1, -0.05) is 11.6 Å². The summed E-state index contributed by atoms with van der Waals surface area (Å²) in [6.07, 6.45) is 3.92. The normalized spacial score (nSPS) is 20.2. The van der Waals surface area contributed by atoms with Crippen LogP contribution in [0.3, 0.4) is 0 Å². The lowest BCUT2D eigenvalue weighted by molar-refractivity contribution is -0.119. The van der Waals surface area contributed by atoms with Crippen molar-refractivity contribution in [2.75, 3.05) is 18.6 Å². The lowest BCUT2D eigenvalue weighted by Gasteiger charge is -2.40. The van der Waals surface area contributed by atoms with Crippen molar-refractivity contribution < 1.29 is 23.1 Å². The van der Waals surface area contributed by atoms with Crippen LogP contribution in [-0.4, -0.2) is 46.8 Å². The van der Waals surface area contributed by atoms with E-state index in [2.05, 4.69) is 4.98 Å². The van der Waals surface area contributed by atoms with E-state index < -0.39 is 34.9 Å². The van der Waals surface area contributed by atoms with Crippen molar-refractivity contribution in [2.45, 2.75) is 17.7 Å². The van der Waals surface area contributed by atoms with Gasteiger partial charge < -0.3 is 9.64 Å². The number of nitrogens with zero attached hydrogens (tertiary/aromatic N) is 4. The van der Waals surface area contributed by atoms with Crippen LogP contribution in [0.2, 0.25) is 5.02 Å². The number of aromatic nitrogens is 1. The fourth-order valence-electron chi connectivity index (χ4n) is 3.62. The van der Waals surface area contributed by atoms with Crippen LogP contribution >= 0.6 is 23.4 Å². The molecule has 7 nitrogen and oxygen atoms in total. The molecule has 2 atom stereocenters. The van der Waals surface area contributed by atoms with Crippen molar-refractivity contribution in [3.8, 4) is 11.8 Å². The van der Waals surface area contributed by atoms with Crippen LogP contribution in [-0.2, 0) is 4.79 Å². The molecule has 1 fully saturated rings. The van der Waals surface area contributed by atoms with Gasteiger partial charge in [-0.3, -0.25) is 9.78 Å². The van der Waals surface area contributed by atoms with E-state index in [4.69, 9.17) is 21.6 Å². The van der Waals surface area contributed by atoms with Gasteiger partial charge in [-0.25, -0.2) is 18.5 Å². The van der Waals surface area contributed by atoms with Crippen LogP contribution < -0.4 is 9.64 Å². The molecule has 3 amide bonds. The summed E-state index contributed by atoms with van der Waals surface area (Å²) in [6, 6.07) is 4.23. The van der Waals surface area contributed by atoms with Crippen LogP contribution in [0.4, 0.5) is 19.3 Å². The van der Waals surface area contributed by atoms with Crippen LogP contribution in [0, 0.1) is 23.0 Å². The first kappa shape index (κ1) is 22.0. The van der Waals surface area contributed by atoms with Gasteiger partial charge in [0.25, 0.3) is 5.91 Å². The highest BCUT2D eigenvalue weighted by Crippen LogP contribution is 2.47. The Hall–Kier alpha value is -3.16. The molecule has 3 heterocycles. The van der Waals surface area contributed by atoms with E-state index in [9.17, 15) is 18.4 Å². The lowest BCUT2D eigenvalue weighted by atomic mass is 10.0. The fraction of sp³-hybridized carbons (Fsp3) is 0.238. The zero-order valence-electron chi connectivity index (χ0n) is 16.6. The standard InChI is InChI=1S/C21H15ClF2N4O3S/c1-31-17-6-13(14(22)7-15(17)24)18-8-16-19(32-18)20(29)28(12-5-11(23)9-26-10-12)21(30)27(16)4-2-3-25/h5-10,16,19H,2,4H2,1H3. The van der Waals surface area contributed by atoms with Crippen LogP contribution in [0.25, 0.3) is 4.91 Å². The number of nitriles is 1. The molecule has 2 aliphatic heterocycles. The van der Waals surface area contributed by atoms with Crippen molar-refractivity contribution in [1.29, 1.82) is 5.26 Å². The maximum atomic E-state index is 14.0. The second-order valence-corrected chi connectivity index (χ2v) is 8.54. The molecule has 0 N–H and O–H groups in total. The molecule has 32 heavy (non-hydrogen) atoms. The summed E-state index contributed by atoms with van der Waals surface area (Å²) in [7, 11) is 1.32. The number of urea groups is 1. The van der Waals surface area contributed by atoms with Gasteiger partial charge in [-0.05, 0) is 18.2 Å². The topological polar surface area (TPSA) is 86.5 Å². The number of imide groups is 1. The third-order valence-corrected chi connectivity index (χ3v) is 6.72. The quantitative estimate of drug-likeness (QED) is 0.642. The highest BCUT2D eigenvalue weighted by molar-refractivity contribution is 8.09. The number of anilines is 1. The summed E-state index contributed by atoms with van der Waals surface area (Å²) in [6.45, 7) is 0.0633. The maximum Gasteiger partial charge on any atom is 0.332 e. The van der Waals surface area contributed by atoms with Crippen molar-refractivity contribution >= 4 is 45.9 Å². The minimum Gasteiger partial charge on any atom is -0.494 e. The van der Waals surface area contributed by atoms with Gasteiger partial charge in [0.1, 0.15) is 11.1 Å². The predicted octanol–water partition coefficient (Wildman–Crippen LogP) is 4.23. The number of methoxy groups -OCH3 is 1. The van der Waals surface area contributed by atoms with E-state index in [1.54, 1.807) is 6.08 Å². The van der Waals surface area contributed by atoms with Crippen LogP contribution in [0.5, 0.6) is 5.75 Å². The van der Waals surface area contributed by atoms with E-state index in [0.29, 0.717) is 10.5 Å². The molecule has 2 unspecified atom stereocenters. The largest absolute Gasteiger partial charge is 0.494 e. The number of carbonyl (C=O) groups excluding carboxylic acids is 2. The van der Waals surface area contributed by atoms with Gasteiger partial charge in [0.15, 0.2) is 11.6 Å². The van der Waals surface area contributed by atoms with Gasteiger partial charge in [-0.15, -0.1) is 11.8 Å². The Morgan fingerprint density at radius 1 is 1.28 bits per heavy atom. The van der Waals surface area contributed by atoms with E-state index in [1.165, 1.54) is 24.3 Å². The SMILES string of the molecule is COc1cc(C2=CC3C(S2)C(=O)N(c2cncc(F)c2)C(=O)N3CCC#N)c(Cl)cc1F. The molecule has 0 bridgehead atoms. The molecule has 1 saturated heterocycles. The third-order valence-electron chi connectivity index (χ3n) is 5.07. The molecule has 11 heteroatoms. The van der Waals surface area contributed by atoms with Gasteiger partial charge in [0.2, 0.25) is 0 Å². The minimum absolute atomic E-state index is 0.00376. The number of carbonyl (C=O) groups is 2. The first-order valence-electron chi connectivity index (χ1n) is 9.39. The summed E-state index contributed by atoms with van der Waals surface area (Å²) in [4.78, 5) is 33.0.